The van der Waals surface area contributed by atoms with E-state index in [9.17, 15) is 4.79 Å². The topological polar surface area (TPSA) is 53.0 Å². The first-order chi connectivity index (χ1) is 7.19. The minimum absolute atomic E-state index is 0.0776. The van der Waals surface area contributed by atoms with E-state index in [4.69, 9.17) is 5.41 Å². The molecule has 0 spiro atoms. The highest BCUT2D eigenvalue weighted by Crippen LogP contribution is 2.43. The molecule has 1 aliphatic heterocycles. The van der Waals surface area contributed by atoms with E-state index in [1.54, 1.807) is 0 Å². The van der Waals surface area contributed by atoms with Crippen molar-refractivity contribution in [1.82, 2.24) is 5.32 Å². The molecular formula is C11H12N2OS. The molecule has 15 heavy (non-hydrogen) atoms. The van der Waals surface area contributed by atoms with E-state index >= 15 is 0 Å². The summed E-state index contributed by atoms with van der Waals surface area (Å²) in [6, 6.07) is 9.64. The molecule has 3 nitrogen and oxygen atoms in total. The number of carbonyl (C=O) groups is 1. The minimum Gasteiger partial charge on any atom is -0.304 e. The zero-order valence-electron chi connectivity index (χ0n) is 8.41. The highest BCUT2D eigenvalue weighted by molar-refractivity contribution is 8.15. The molecule has 1 aromatic carbocycles. The van der Waals surface area contributed by atoms with E-state index in [0.29, 0.717) is 6.42 Å². The Bertz CT molecular complexity index is 404. The van der Waals surface area contributed by atoms with E-state index in [0.717, 1.165) is 5.56 Å². The van der Waals surface area contributed by atoms with Gasteiger partial charge in [-0.3, -0.25) is 10.2 Å². The third-order valence-electron chi connectivity index (χ3n) is 2.61. The molecule has 1 atom stereocenters. The van der Waals surface area contributed by atoms with Crippen LogP contribution in [-0.2, 0) is 9.54 Å². The summed E-state index contributed by atoms with van der Waals surface area (Å²) in [6.45, 7) is 1.97. The third kappa shape index (κ3) is 1.55. The maximum atomic E-state index is 11.9. The van der Waals surface area contributed by atoms with Crippen molar-refractivity contribution in [3.8, 4) is 0 Å². The average molecular weight is 220 g/mol. The van der Waals surface area contributed by atoms with Gasteiger partial charge in [0.1, 0.15) is 4.75 Å². The number of carbonyl (C=O) groups excluding carboxylic acids is 1. The van der Waals surface area contributed by atoms with E-state index in [1.807, 2.05) is 37.3 Å². The fourth-order valence-electron chi connectivity index (χ4n) is 1.78. The maximum Gasteiger partial charge on any atom is 0.247 e. The van der Waals surface area contributed by atoms with Gasteiger partial charge in [0.2, 0.25) is 5.91 Å². The molecule has 0 saturated carbocycles. The summed E-state index contributed by atoms with van der Waals surface area (Å²) in [5.74, 6) is -0.0776. The van der Waals surface area contributed by atoms with Crippen molar-refractivity contribution in [2.24, 2.45) is 0 Å². The fourth-order valence-corrected chi connectivity index (χ4v) is 2.82. The van der Waals surface area contributed by atoms with Crippen LogP contribution in [0.5, 0.6) is 0 Å². The van der Waals surface area contributed by atoms with Crippen molar-refractivity contribution in [2.75, 3.05) is 0 Å². The van der Waals surface area contributed by atoms with Crippen LogP contribution in [0.2, 0.25) is 0 Å². The number of nitrogens with one attached hydrogen (secondary N) is 2. The lowest BCUT2D eigenvalue weighted by molar-refractivity contribution is -0.121. The molecule has 0 aliphatic carbocycles. The number of hydrogen-bond donors (Lipinski definition) is 2. The SMILES string of the molecule is CCC1(c2ccccc2)SC(=N)NC1=O. The summed E-state index contributed by atoms with van der Waals surface area (Å²) in [7, 11) is 0. The lowest BCUT2D eigenvalue weighted by Gasteiger charge is -2.22. The second-order valence-electron chi connectivity index (χ2n) is 3.43. The van der Waals surface area contributed by atoms with Crippen LogP contribution in [0.3, 0.4) is 0 Å². The van der Waals surface area contributed by atoms with Crippen molar-refractivity contribution in [3.63, 3.8) is 0 Å². The van der Waals surface area contributed by atoms with Gasteiger partial charge < -0.3 is 5.32 Å². The molecule has 1 unspecified atom stereocenters. The smallest absolute Gasteiger partial charge is 0.247 e. The monoisotopic (exact) mass is 220 g/mol. The Morgan fingerprint density at radius 2 is 2.07 bits per heavy atom. The largest absolute Gasteiger partial charge is 0.304 e. The molecule has 1 fully saturated rings. The van der Waals surface area contributed by atoms with Crippen molar-refractivity contribution in [3.05, 3.63) is 35.9 Å². The van der Waals surface area contributed by atoms with Gasteiger partial charge in [-0.15, -0.1) is 0 Å². The predicted octanol–water partition coefficient (Wildman–Crippen LogP) is 2.09. The summed E-state index contributed by atoms with van der Waals surface area (Å²) in [4.78, 5) is 11.9. The van der Waals surface area contributed by atoms with Crippen LogP contribution in [0.15, 0.2) is 30.3 Å². The standard InChI is InChI=1S/C11H12N2OS/c1-2-11(8-6-4-3-5-7-8)9(14)13-10(12)15-11/h3-7H,2H2,1H3,(H2,12,13,14). The van der Waals surface area contributed by atoms with Gasteiger partial charge in [0.05, 0.1) is 0 Å². The van der Waals surface area contributed by atoms with Gasteiger partial charge in [0.25, 0.3) is 0 Å². The molecule has 1 heterocycles. The van der Waals surface area contributed by atoms with Crippen LogP contribution in [0.25, 0.3) is 0 Å². The minimum atomic E-state index is -0.599. The molecule has 4 heteroatoms. The maximum absolute atomic E-state index is 11.9. The molecule has 1 amide bonds. The van der Waals surface area contributed by atoms with E-state index in [-0.39, 0.29) is 11.1 Å². The molecule has 2 rings (SSSR count). The van der Waals surface area contributed by atoms with Crippen LogP contribution >= 0.6 is 11.8 Å². The quantitative estimate of drug-likeness (QED) is 0.801. The first kappa shape index (κ1) is 10.2. The zero-order chi connectivity index (χ0) is 10.9. The van der Waals surface area contributed by atoms with Crippen LogP contribution < -0.4 is 5.32 Å². The second kappa shape index (κ2) is 3.70. The Hall–Kier alpha value is -1.29. The van der Waals surface area contributed by atoms with Crippen molar-refractivity contribution >= 4 is 22.8 Å². The number of rotatable bonds is 2. The normalized spacial score (nSPS) is 25.4. The second-order valence-corrected chi connectivity index (χ2v) is 4.74. The van der Waals surface area contributed by atoms with Crippen molar-refractivity contribution in [1.29, 1.82) is 5.41 Å². The van der Waals surface area contributed by atoms with Gasteiger partial charge in [-0.25, -0.2) is 0 Å². The molecule has 0 radical (unpaired) electrons. The summed E-state index contributed by atoms with van der Waals surface area (Å²) in [5, 5.41) is 10.3. The molecule has 1 aromatic rings. The highest BCUT2D eigenvalue weighted by atomic mass is 32.2. The molecular weight excluding hydrogens is 208 g/mol. The fraction of sp³-hybridized carbons (Fsp3) is 0.273. The molecule has 1 aliphatic rings. The molecule has 0 bridgehead atoms. The Morgan fingerprint density at radius 1 is 1.40 bits per heavy atom. The Kier molecular flexibility index (Phi) is 2.52. The van der Waals surface area contributed by atoms with Crippen LogP contribution in [0.1, 0.15) is 18.9 Å². The van der Waals surface area contributed by atoms with Gasteiger partial charge in [0, 0.05) is 0 Å². The van der Waals surface area contributed by atoms with E-state index in [1.165, 1.54) is 11.8 Å². The zero-order valence-corrected chi connectivity index (χ0v) is 9.23. The highest BCUT2D eigenvalue weighted by Gasteiger charge is 2.46. The van der Waals surface area contributed by atoms with E-state index < -0.39 is 4.75 Å². The van der Waals surface area contributed by atoms with Gasteiger partial charge in [0.15, 0.2) is 5.17 Å². The van der Waals surface area contributed by atoms with Crippen molar-refractivity contribution < 1.29 is 4.79 Å². The van der Waals surface area contributed by atoms with Gasteiger partial charge in [-0.2, -0.15) is 0 Å². The number of thioether (sulfide) groups is 1. The lowest BCUT2D eigenvalue weighted by Crippen LogP contribution is -2.33. The first-order valence-corrected chi connectivity index (χ1v) is 5.65. The Morgan fingerprint density at radius 3 is 2.53 bits per heavy atom. The first-order valence-electron chi connectivity index (χ1n) is 4.83. The summed E-state index contributed by atoms with van der Waals surface area (Å²) < 4.78 is -0.599. The number of benzene rings is 1. The summed E-state index contributed by atoms with van der Waals surface area (Å²) in [5.41, 5.74) is 0.970. The molecule has 2 N–H and O–H groups in total. The summed E-state index contributed by atoms with van der Waals surface area (Å²) in [6.07, 6.45) is 0.690. The molecule has 78 valence electrons. The Labute approximate surface area is 92.8 Å². The van der Waals surface area contributed by atoms with Crippen LogP contribution in [-0.4, -0.2) is 11.1 Å². The number of amides is 1. The lowest BCUT2D eigenvalue weighted by atomic mass is 9.94. The van der Waals surface area contributed by atoms with E-state index in [2.05, 4.69) is 5.32 Å². The number of hydrogen-bond acceptors (Lipinski definition) is 3. The van der Waals surface area contributed by atoms with Gasteiger partial charge >= 0.3 is 0 Å². The predicted molar refractivity (Wildman–Crippen MR) is 61.9 cm³/mol. The van der Waals surface area contributed by atoms with Crippen LogP contribution in [0, 0.1) is 5.41 Å². The van der Waals surface area contributed by atoms with Crippen LogP contribution in [0.4, 0.5) is 0 Å². The third-order valence-corrected chi connectivity index (χ3v) is 3.97. The number of amidine groups is 1. The van der Waals surface area contributed by atoms with Gasteiger partial charge in [-0.1, -0.05) is 49.0 Å². The summed E-state index contributed by atoms with van der Waals surface area (Å²) >= 11 is 1.30. The molecule has 1 saturated heterocycles. The van der Waals surface area contributed by atoms with Crippen molar-refractivity contribution in [2.45, 2.75) is 18.1 Å². The molecule has 0 aromatic heterocycles. The van der Waals surface area contributed by atoms with Gasteiger partial charge in [-0.05, 0) is 12.0 Å². The Balaban J connectivity index is 2.47. The average Bonchev–Trinajstić information content (AvgIpc) is 2.56.